The maximum absolute atomic E-state index is 13.0. The van der Waals surface area contributed by atoms with Gasteiger partial charge in [0, 0.05) is 11.6 Å². The fourth-order valence-corrected chi connectivity index (χ4v) is 2.92. The summed E-state index contributed by atoms with van der Waals surface area (Å²) >= 11 is 0. The number of hydrogen-bond acceptors (Lipinski definition) is 3. The van der Waals surface area contributed by atoms with Crippen LogP contribution in [0.1, 0.15) is 28.9 Å². The van der Waals surface area contributed by atoms with Crippen molar-refractivity contribution in [2.24, 2.45) is 0 Å². The molecule has 1 aliphatic heterocycles. The molecule has 0 unspecified atom stereocenters. The van der Waals surface area contributed by atoms with Crippen molar-refractivity contribution in [2.45, 2.75) is 25.1 Å². The minimum atomic E-state index is -4.51. The van der Waals surface area contributed by atoms with Crippen LogP contribution in [0.25, 0.3) is 5.69 Å². The smallest absolute Gasteiger partial charge is 0.349 e. The molecule has 1 aromatic heterocycles. The molecular formula is C17H19F3N4O. The number of likely N-dealkylation sites (tertiary alicyclic amines) is 1. The number of amides is 1. The van der Waals surface area contributed by atoms with Gasteiger partial charge < -0.3 is 10.2 Å². The Balaban J connectivity index is 1.78. The zero-order chi connectivity index (χ0) is 18.0. The van der Waals surface area contributed by atoms with Crippen LogP contribution in [0.15, 0.2) is 36.5 Å². The summed E-state index contributed by atoms with van der Waals surface area (Å²) in [6.45, 7) is 1.82. The number of piperidine rings is 1. The summed E-state index contributed by atoms with van der Waals surface area (Å²) in [5.74, 6) is -0.280. The van der Waals surface area contributed by atoms with Crippen LogP contribution in [0.3, 0.4) is 0 Å². The highest BCUT2D eigenvalue weighted by atomic mass is 19.4. The number of hydrogen-bond donors (Lipinski definition) is 1. The molecule has 0 radical (unpaired) electrons. The first-order chi connectivity index (χ1) is 11.8. The predicted molar refractivity (Wildman–Crippen MR) is 86.6 cm³/mol. The Morgan fingerprint density at radius 2 is 1.96 bits per heavy atom. The summed E-state index contributed by atoms with van der Waals surface area (Å²) in [4.78, 5) is 14.6. The van der Waals surface area contributed by atoms with E-state index < -0.39 is 11.9 Å². The molecule has 1 aromatic carbocycles. The van der Waals surface area contributed by atoms with Gasteiger partial charge in [0.1, 0.15) is 5.69 Å². The van der Waals surface area contributed by atoms with Gasteiger partial charge in [-0.15, -0.1) is 0 Å². The number of rotatable bonds is 3. The van der Waals surface area contributed by atoms with E-state index >= 15 is 0 Å². The highest BCUT2D eigenvalue weighted by molar-refractivity contribution is 5.94. The Labute approximate surface area is 143 Å². The molecule has 3 rings (SSSR count). The van der Waals surface area contributed by atoms with Gasteiger partial charge in [0.2, 0.25) is 0 Å². The zero-order valence-corrected chi connectivity index (χ0v) is 13.8. The van der Waals surface area contributed by atoms with Crippen molar-refractivity contribution >= 4 is 5.91 Å². The second-order valence-electron chi connectivity index (χ2n) is 6.23. The van der Waals surface area contributed by atoms with Crippen molar-refractivity contribution in [3.63, 3.8) is 0 Å². The first-order valence-corrected chi connectivity index (χ1v) is 8.05. The van der Waals surface area contributed by atoms with E-state index in [1.807, 2.05) is 7.05 Å². The normalized spacial score (nSPS) is 16.8. The first kappa shape index (κ1) is 17.5. The molecule has 5 nitrogen and oxygen atoms in total. The summed E-state index contributed by atoms with van der Waals surface area (Å²) in [6.07, 6.45) is -1.70. The Kier molecular flexibility index (Phi) is 4.80. The Bertz CT molecular complexity index is 748. The standard InChI is InChI=1S/C17H19F3N4O/c1-23-9-6-13(7-10-23)22-16(25)12-3-2-4-14(11-12)24-15(5-8-21-24)17(18,19)20/h2-5,8,11,13H,6-7,9-10H2,1H3,(H,22,25). The summed E-state index contributed by atoms with van der Waals surface area (Å²) < 4.78 is 39.9. The summed E-state index contributed by atoms with van der Waals surface area (Å²) in [7, 11) is 2.03. The van der Waals surface area contributed by atoms with Gasteiger partial charge in [-0.2, -0.15) is 18.3 Å². The van der Waals surface area contributed by atoms with Crippen LogP contribution in [-0.2, 0) is 6.18 Å². The van der Waals surface area contributed by atoms with Crippen LogP contribution in [-0.4, -0.2) is 46.8 Å². The highest BCUT2D eigenvalue weighted by Gasteiger charge is 2.35. The van der Waals surface area contributed by atoms with E-state index in [2.05, 4.69) is 15.3 Å². The van der Waals surface area contributed by atoms with Gasteiger partial charge in [0.25, 0.3) is 5.91 Å². The maximum atomic E-state index is 13.0. The van der Waals surface area contributed by atoms with E-state index in [1.54, 1.807) is 12.1 Å². The van der Waals surface area contributed by atoms with Crippen LogP contribution in [0.2, 0.25) is 0 Å². The highest BCUT2D eigenvalue weighted by Crippen LogP contribution is 2.30. The Morgan fingerprint density at radius 1 is 1.24 bits per heavy atom. The number of alkyl halides is 3. The minimum absolute atomic E-state index is 0.0859. The lowest BCUT2D eigenvalue weighted by molar-refractivity contribution is -0.142. The third-order valence-corrected chi connectivity index (χ3v) is 4.34. The van der Waals surface area contributed by atoms with Crippen molar-refractivity contribution in [3.05, 3.63) is 47.8 Å². The maximum Gasteiger partial charge on any atom is 0.433 e. The molecule has 1 N–H and O–H groups in total. The molecular weight excluding hydrogens is 333 g/mol. The van der Waals surface area contributed by atoms with Crippen molar-refractivity contribution in [3.8, 4) is 5.69 Å². The molecule has 1 aliphatic rings. The van der Waals surface area contributed by atoms with Gasteiger partial charge in [-0.05, 0) is 57.2 Å². The molecule has 0 atom stereocenters. The van der Waals surface area contributed by atoms with Crippen LogP contribution in [0.5, 0.6) is 0 Å². The SMILES string of the molecule is CN1CCC(NC(=O)c2cccc(-n3nccc3C(F)(F)F)c2)CC1. The van der Waals surface area contributed by atoms with Crippen LogP contribution in [0.4, 0.5) is 13.2 Å². The summed E-state index contributed by atoms with van der Waals surface area (Å²) in [6, 6.07) is 7.06. The van der Waals surface area contributed by atoms with E-state index in [-0.39, 0.29) is 17.6 Å². The fraction of sp³-hybridized carbons (Fsp3) is 0.412. The predicted octanol–water partition coefficient (Wildman–Crippen LogP) is 2.72. The van der Waals surface area contributed by atoms with Crippen molar-refractivity contribution < 1.29 is 18.0 Å². The Morgan fingerprint density at radius 3 is 2.64 bits per heavy atom. The molecule has 0 saturated carbocycles. The second-order valence-corrected chi connectivity index (χ2v) is 6.23. The number of carbonyl (C=O) groups is 1. The lowest BCUT2D eigenvalue weighted by Gasteiger charge is -2.29. The second kappa shape index (κ2) is 6.87. The van der Waals surface area contributed by atoms with Crippen molar-refractivity contribution in [1.82, 2.24) is 20.0 Å². The van der Waals surface area contributed by atoms with Crippen LogP contribution in [0, 0.1) is 0 Å². The third kappa shape index (κ3) is 4.01. The van der Waals surface area contributed by atoms with Gasteiger partial charge in [-0.1, -0.05) is 6.07 Å². The zero-order valence-electron chi connectivity index (χ0n) is 13.8. The average molecular weight is 352 g/mol. The van der Waals surface area contributed by atoms with E-state index in [1.165, 1.54) is 12.1 Å². The lowest BCUT2D eigenvalue weighted by atomic mass is 10.0. The molecule has 1 fully saturated rings. The summed E-state index contributed by atoms with van der Waals surface area (Å²) in [5, 5.41) is 6.69. The number of halogens is 3. The third-order valence-electron chi connectivity index (χ3n) is 4.34. The Hall–Kier alpha value is -2.35. The minimum Gasteiger partial charge on any atom is -0.349 e. The van der Waals surface area contributed by atoms with Crippen molar-refractivity contribution in [2.75, 3.05) is 20.1 Å². The quantitative estimate of drug-likeness (QED) is 0.924. The molecule has 8 heteroatoms. The van der Waals surface area contributed by atoms with Gasteiger partial charge in [0.05, 0.1) is 11.9 Å². The van der Waals surface area contributed by atoms with E-state index in [9.17, 15) is 18.0 Å². The monoisotopic (exact) mass is 352 g/mol. The van der Waals surface area contributed by atoms with Gasteiger partial charge in [0.15, 0.2) is 0 Å². The summed E-state index contributed by atoms with van der Waals surface area (Å²) in [5.41, 5.74) is -0.353. The molecule has 25 heavy (non-hydrogen) atoms. The van der Waals surface area contributed by atoms with Crippen LogP contribution >= 0.6 is 0 Å². The van der Waals surface area contributed by atoms with Crippen molar-refractivity contribution in [1.29, 1.82) is 0 Å². The van der Waals surface area contributed by atoms with Gasteiger partial charge in [-0.3, -0.25) is 4.79 Å². The fourth-order valence-electron chi connectivity index (χ4n) is 2.92. The molecule has 2 aromatic rings. The molecule has 1 saturated heterocycles. The molecule has 134 valence electrons. The van der Waals surface area contributed by atoms with E-state index in [0.717, 1.165) is 42.9 Å². The van der Waals surface area contributed by atoms with Crippen LogP contribution < -0.4 is 5.32 Å². The largest absolute Gasteiger partial charge is 0.433 e. The van der Waals surface area contributed by atoms with E-state index in [0.29, 0.717) is 5.56 Å². The number of nitrogens with zero attached hydrogens (tertiary/aromatic N) is 3. The molecule has 1 amide bonds. The average Bonchev–Trinajstić information content (AvgIpc) is 3.07. The number of aromatic nitrogens is 2. The topological polar surface area (TPSA) is 50.2 Å². The molecule has 0 aliphatic carbocycles. The number of benzene rings is 1. The molecule has 0 spiro atoms. The lowest BCUT2D eigenvalue weighted by Crippen LogP contribution is -2.43. The molecule has 0 bridgehead atoms. The van der Waals surface area contributed by atoms with E-state index in [4.69, 9.17) is 0 Å². The number of nitrogens with one attached hydrogen (secondary N) is 1. The first-order valence-electron chi connectivity index (χ1n) is 8.05. The van der Waals surface area contributed by atoms with Gasteiger partial charge in [-0.25, -0.2) is 4.68 Å². The number of carbonyl (C=O) groups excluding carboxylic acids is 1. The molecule has 2 heterocycles. The van der Waals surface area contributed by atoms with Gasteiger partial charge >= 0.3 is 6.18 Å².